The average molecular weight is 502 g/mol. The van der Waals surface area contributed by atoms with Crippen molar-refractivity contribution >= 4 is 28.0 Å². The van der Waals surface area contributed by atoms with Gasteiger partial charge in [-0.15, -0.1) is 0 Å². The van der Waals surface area contributed by atoms with Gasteiger partial charge in [-0.3, -0.25) is 4.79 Å². The normalized spacial score (nSPS) is 11.5. The Kier molecular flexibility index (Phi) is 7.30. The van der Waals surface area contributed by atoms with Gasteiger partial charge in [-0.05, 0) is 68.8 Å². The number of amides is 1. The van der Waals surface area contributed by atoms with Crippen LogP contribution in [0.4, 0.5) is 5.82 Å². The molecule has 1 N–H and O–H groups in total. The Morgan fingerprint density at radius 1 is 1.00 bits per heavy atom. The van der Waals surface area contributed by atoms with Crippen LogP contribution < -0.4 is 9.73 Å². The number of pyridine rings is 1. The summed E-state index contributed by atoms with van der Waals surface area (Å²) in [4.78, 5) is 16.9. The molecule has 2 aromatic carbocycles. The number of benzene rings is 2. The van der Waals surface area contributed by atoms with Crippen LogP contribution in [0.15, 0.2) is 95.1 Å². The summed E-state index contributed by atoms with van der Waals surface area (Å²) in [5.41, 5.74) is 7.49. The lowest BCUT2D eigenvalue weighted by Gasteiger charge is -2.22. The fourth-order valence-corrected chi connectivity index (χ4v) is 5.33. The highest BCUT2D eigenvalue weighted by Gasteiger charge is 2.27. The molecule has 0 saturated carbocycles. The van der Waals surface area contributed by atoms with Gasteiger partial charge in [0.1, 0.15) is 12.4 Å². The molecule has 2 heterocycles. The third-order valence-electron chi connectivity index (χ3n) is 5.65. The van der Waals surface area contributed by atoms with Crippen molar-refractivity contribution in [1.82, 2.24) is 15.0 Å². The predicted molar refractivity (Wildman–Crippen MR) is 141 cm³/mol. The van der Waals surface area contributed by atoms with Crippen molar-refractivity contribution in [3.05, 3.63) is 108 Å². The minimum atomic E-state index is -4.01. The zero-order valence-corrected chi connectivity index (χ0v) is 21.1. The third kappa shape index (κ3) is 5.36. The van der Waals surface area contributed by atoms with Gasteiger partial charge in [0.05, 0.1) is 11.1 Å². The van der Waals surface area contributed by atoms with Crippen molar-refractivity contribution < 1.29 is 13.2 Å². The first-order valence-corrected chi connectivity index (χ1v) is 12.8. The second-order valence-electron chi connectivity index (χ2n) is 8.31. The molecule has 8 nitrogen and oxygen atoms in total. The molecule has 0 fully saturated rings. The van der Waals surface area contributed by atoms with Gasteiger partial charge in [-0.25, -0.2) is 23.1 Å². The molecule has 0 spiro atoms. The number of nitrogens with zero attached hydrogens (tertiary/aromatic N) is 4. The largest absolute Gasteiger partial charge is 0.318 e. The Balaban J connectivity index is 1.53. The Hall–Kier alpha value is -4.24. The second-order valence-corrected chi connectivity index (χ2v) is 10.2. The fourth-order valence-electron chi connectivity index (χ4n) is 3.93. The van der Waals surface area contributed by atoms with E-state index >= 15 is 0 Å². The van der Waals surface area contributed by atoms with Crippen LogP contribution in [0.25, 0.3) is 5.69 Å². The zero-order chi connectivity index (χ0) is 25.7. The lowest BCUT2D eigenvalue weighted by Crippen LogP contribution is -2.40. The van der Waals surface area contributed by atoms with Crippen molar-refractivity contribution in [2.45, 2.75) is 25.7 Å². The quantitative estimate of drug-likeness (QED) is 0.290. The molecule has 0 saturated heterocycles. The maximum Gasteiger partial charge on any atom is 0.265 e. The Morgan fingerprint density at radius 3 is 2.44 bits per heavy atom. The van der Waals surface area contributed by atoms with E-state index in [1.54, 1.807) is 36.5 Å². The number of carbonyl (C=O) groups excluding carboxylic acids is 1. The number of aromatic nitrogens is 2. The minimum Gasteiger partial charge on any atom is -0.318 e. The molecule has 4 aromatic rings. The highest BCUT2D eigenvalue weighted by molar-refractivity contribution is 7.92. The lowest BCUT2D eigenvalue weighted by atomic mass is 10.2. The highest BCUT2D eigenvalue weighted by atomic mass is 32.2. The number of rotatable bonds is 8. The summed E-state index contributed by atoms with van der Waals surface area (Å²) in [5.74, 6) is -0.453. The van der Waals surface area contributed by atoms with Crippen molar-refractivity contribution in [2.24, 2.45) is 5.10 Å². The Morgan fingerprint density at radius 2 is 1.75 bits per heavy atom. The van der Waals surface area contributed by atoms with Crippen molar-refractivity contribution in [3.63, 3.8) is 0 Å². The maximum atomic E-state index is 13.3. The summed E-state index contributed by atoms with van der Waals surface area (Å²) in [7, 11) is -4.01. The standard InChI is InChI=1S/C27H27N5O3S/c1-20-10-9-11-24(16-20)32-21(2)17-23(22(32)3)18-29-30-27(33)19-31(26-14-7-8-15-28-26)36(34,35)25-12-5-4-6-13-25/h4-18H,19H2,1-3H3,(H,30,33)/b29-18+. The Labute approximate surface area is 211 Å². The molecule has 36 heavy (non-hydrogen) atoms. The van der Waals surface area contributed by atoms with E-state index in [1.165, 1.54) is 24.4 Å². The van der Waals surface area contributed by atoms with Gasteiger partial charge in [-0.1, -0.05) is 36.4 Å². The molecule has 0 aliphatic carbocycles. The molecular weight excluding hydrogens is 474 g/mol. The third-order valence-corrected chi connectivity index (χ3v) is 7.41. The number of carbonyl (C=O) groups is 1. The first-order valence-electron chi connectivity index (χ1n) is 11.3. The van der Waals surface area contributed by atoms with Crippen molar-refractivity contribution in [1.29, 1.82) is 0 Å². The van der Waals surface area contributed by atoms with Crippen LogP contribution in [0.3, 0.4) is 0 Å². The van der Waals surface area contributed by atoms with E-state index in [0.717, 1.165) is 32.5 Å². The second kappa shape index (κ2) is 10.6. The number of hydrogen-bond acceptors (Lipinski definition) is 5. The van der Waals surface area contributed by atoms with E-state index < -0.39 is 22.5 Å². The van der Waals surface area contributed by atoms with Crippen LogP contribution in [0.1, 0.15) is 22.5 Å². The number of sulfonamides is 1. The van der Waals surface area contributed by atoms with Gasteiger partial charge in [-0.2, -0.15) is 5.10 Å². The van der Waals surface area contributed by atoms with Crippen LogP contribution in [0.2, 0.25) is 0 Å². The van der Waals surface area contributed by atoms with Crippen LogP contribution in [0, 0.1) is 20.8 Å². The van der Waals surface area contributed by atoms with E-state index in [9.17, 15) is 13.2 Å². The lowest BCUT2D eigenvalue weighted by molar-refractivity contribution is -0.119. The first kappa shape index (κ1) is 24.9. The molecule has 0 atom stereocenters. The Bertz CT molecular complexity index is 1500. The topological polar surface area (TPSA) is 96.7 Å². The van der Waals surface area contributed by atoms with E-state index in [0.29, 0.717) is 0 Å². The minimum absolute atomic E-state index is 0.0653. The molecule has 2 aromatic heterocycles. The molecular formula is C27H27N5O3S. The highest BCUT2D eigenvalue weighted by Crippen LogP contribution is 2.22. The number of anilines is 1. The molecule has 0 aliphatic heterocycles. The van der Waals surface area contributed by atoms with Crippen LogP contribution in [-0.4, -0.2) is 36.6 Å². The summed E-state index contributed by atoms with van der Waals surface area (Å²) in [6, 6.07) is 23.0. The van der Waals surface area contributed by atoms with Gasteiger partial charge in [0.2, 0.25) is 0 Å². The molecule has 0 aliphatic rings. The van der Waals surface area contributed by atoms with E-state index in [4.69, 9.17) is 0 Å². The smallest absolute Gasteiger partial charge is 0.265 e. The van der Waals surface area contributed by atoms with Gasteiger partial charge < -0.3 is 4.57 Å². The van der Waals surface area contributed by atoms with Gasteiger partial charge in [0, 0.05) is 28.8 Å². The summed E-state index contributed by atoms with van der Waals surface area (Å²) >= 11 is 0. The van der Waals surface area contributed by atoms with Crippen molar-refractivity contribution in [2.75, 3.05) is 10.8 Å². The van der Waals surface area contributed by atoms with Crippen molar-refractivity contribution in [3.8, 4) is 5.69 Å². The summed E-state index contributed by atoms with van der Waals surface area (Å²) in [6.45, 7) is 5.55. The number of hydrazone groups is 1. The van der Waals surface area contributed by atoms with E-state index in [-0.39, 0.29) is 10.7 Å². The number of nitrogens with one attached hydrogen (secondary N) is 1. The van der Waals surface area contributed by atoms with Gasteiger partial charge in [0.15, 0.2) is 0 Å². The van der Waals surface area contributed by atoms with Gasteiger partial charge in [0.25, 0.3) is 15.9 Å². The molecule has 0 bridgehead atoms. The molecule has 0 unspecified atom stereocenters. The van der Waals surface area contributed by atoms with Crippen LogP contribution in [-0.2, 0) is 14.8 Å². The van der Waals surface area contributed by atoms with Crippen LogP contribution in [0.5, 0.6) is 0 Å². The molecule has 9 heteroatoms. The monoisotopic (exact) mass is 501 g/mol. The molecule has 184 valence electrons. The number of hydrogen-bond donors (Lipinski definition) is 1. The molecule has 4 rings (SSSR count). The molecule has 1 amide bonds. The predicted octanol–water partition coefficient (Wildman–Crippen LogP) is 4.14. The summed E-state index contributed by atoms with van der Waals surface area (Å²) < 4.78 is 29.6. The number of aryl methyl sites for hydroxylation is 2. The first-order chi connectivity index (χ1) is 17.3. The van der Waals surface area contributed by atoms with Crippen LogP contribution >= 0.6 is 0 Å². The zero-order valence-electron chi connectivity index (χ0n) is 20.3. The van der Waals surface area contributed by atoms with Gasteiger partial charge >= 0.3 is 0 Å². The maximum absolute atomic E-state index is 13.3. The summed E-state index contributed by atoms with van der Waals surface area (Å²) in [6.07, 6.45) is 3.03. The fraction of sp³-hybridized carbons (Fsp3) is 0.148. The van der Waals surface area contributed by atoms with E-state index in [1.807, 2.05) is 45.0 Å². The average Bonchev–Trinajstić information content (AvgIpc) is 3.16. The van der Waals surface area contributed by atoms with E-state index in [2.05, 4.69) is 26.1 Å². The summed E-state index contributed by atoms with van der Waals surface area (Å²) in [5, 5.41) is 4.09. The molecule has 0 radical (unpaired) electrons. The SMILES string of the molecule is Cc1cccc(-n2c(C)cc(/C=N/NC(=O)CN(c3ccccn3)S(=O)(=O)c3ccccc3)c2C)c1.